The van der Waals surface area contributed by atoms with Crippen molar-refractivity contribution in [1.82, 2.24) is 9.78 Å². The van der Waals surface area contributed by atoms with Gasteiger partial charge in [-0.3, -0.25) is 4.68 Å². The number of carboxylic acids is 1. The Kier molecular flexibility index (Phi) is 3.90. The monoisotopic (exact) mass is 324 g/mol. The molecule has 0 aliphatic rings. The molecule has 0 amide bonds. The highest BCUT2D eigenvalue weighted by atomic mass is 79.9. The summed E-state index contributed by atoms with van der Waals surface area (Å²) in [5, 5.41) is 13.3. The highest BCUT2D eigenvalue weighted by Crippen LogP contribution is 2.29. The lowest BCUT2D eigenvalue weighted by molar-refractivity contribution is 0.0691. The maximum atomic E-state index is 11.1. The van der Waals surface area contributed by atoms with Crippen molar-refractivity contribution in [3.8, 4) is 5.75 Å². The average Bonchev–Trinajstić information content (AvgIpc) is 2.66. The highest BCUT2D eigenvalue weighted by Gasteiger charge is 2.15. The minimum atomic E-state index is -1.02. The number of halogens is 1. The van der Waals surface area contributed by atoms with Crippen molar-refractivity contribution in [3.05, 3.63) is 45.7 Å². The quantitative estimate of drug-likeness (QED) is 0.939. The smallest absolute Gasteiger partial charge is 0.339 e. The number of rotatable bonds is 4. The third kappa shape index (κ3) is 2.96. The zero-order valence-corrected chi connectivity index (χ0v) is 12.1. The summed E-state index contributed by atoms with van der Waals surface area (Å²) in [5.74, 6) is -0.689. The van der Waals surface area contributed by atoms with Crippen LogP contribution in [0.4, 0.5) is 0 Å². The molecule has 0 aliphatic heterocycles. The van der Waals surface area contributed by atoms with Crippen LogP contribution in [0.3, 0.4) is 0 Å². The van der Waals surface area contributed by atoms with Gasteiger partial charge in [0.25, 0.3) is 0 Å². The van der Waals surface area contributed by atoms with Crippen LogP contribution in [0.5, 0.6) is 5.75 Å². The molecule has 0 unspecified atom stereocenters. The molecule has 0 fully saturated rings. The van der Waals surface area contributed by atoms with Crippen molar-refractivity contribution in [2.24, 2.45) is 7.05 Å². The summed E-state index contributed by atoms with van der Waals surface area (Å²) in [6, 6.07) is 6.82. The lowest BCUT2D eigenvalue weighted by atomic mass is 10.2. The summed E-state index contributed by atoms with van der Waals surface area (Å²) in [6.45, 7) is 2.16. The Morgan fingerprint density at radius 3 is 2.84 bits per heavy atom. The molecule has 2 aromatic rings. The van der Waals surface area contributed by atoms with Crippen LogP contribution in [0.2, 0.25) is 0 Å². The first kappa shape index (κ1) is 13.6. The van der Waals surface area contributed by atoms with E-state index in [1.54, 1.807) is 16.8 Å². The van der Waals surface area contributed by atoms with Gasteiger partial charge >= 0.3 is 5.97 Å². The first-order valence-corrected chi connectivity index (χ1v) is 6.42. The summed E-state index contributed by atoms with van der Waals surface area (Å²) in [5.41, 5.74) is 1.91. The van der Waals surface area contributed by atoms with Gasteiger partial charge in [0.05, 0.1) is 15.9 Å². The summed E-state index contributed by atoms with van der Waals surface area (Å²) in [7, 11) is 1.82. The predicted octanol–water partition coefficient (Wildman–Crippen LogP) is 2.77. The van der Waals surface area contributed by atoms with Gasteiger partial charge in [-0.1, -0.05) is 6.07 Å². The molecule has 2 rings (SSSR count). The first-order chi connectivity index (χ1) is 8.99. The Hall–Kier alpha value is -1.82. The number of aromatic carboxylic acids is 1. The third-order valence-electron chi connectivity index (χ3n) is 2.66. The van der Waals surface area contributed by atoms with Crippen LogP contribution in [0.15, 0.2) is 28.7 Å². The molecule has 1 N–H and O–H groups in total. The van der Waals surface area contributed by atoms with Crippen molar-refractivity contribution >= 4 is 21.9 Å². The Balaban J connectivity index is 2.24. The van der Waals surface area contributed by atoms with Crippen LogP contribution in [-0.2, 0) is 13.7 Å². The molecule has 1 heterocycles. The number of aryl methyl sites for hydroxylation is 2. The number of hydrogen-bond donors (Lipinski definition) is 1. The van der Waals surface area contributed by atoms with Crippen molar-refractivity contribution in [2.45, 2.75) is 13.5 Å². The van der Waals surface area contributed by atoms with Gasteiger partial charge in [-0.15, -0.1) is 0 Å². The molecule has 0 spiro atoms. The second-order valence-corrected chi connectivity index (χ2v) is 4.97. The Labute approximate surface area is 118 Å². The Morgan fingerprint density at radius 1 is 1.53 bits per heavy atom. The van der Waals surface area contributed by atoms with Gasteiger partial charge in [-0.2, -0.15) is 5.10 Å². The molecule has 0 aliphatic carbocycles. The van der Waals surface area contributed by atoms with E-state index in [1.807, 2.05) is 20.0 Å². The van der Waals surface area contributed by atoms with Gasteiger partial charge < -0.3 is 9.84 Å². The second kappa shape index (κ2) is 5.44. The molecule has 0 atom stereocenters. The van der Waals surface area contributed by atoms with Gasteiger partial charge in [0.2, 0.25) is 0 Å². The average molecular weight is 325 g/mol. The lowest BCUT2D eigenvalue weighted by Gasteiger charge is -2.11. The van der Waals surface area contributed by atoms with Gasteiger partial charge in [0, 0.05) is 7.05 Å². The van der Waals surface area contributed by atoms with E-state index in [0.29, 0.717) is 10.2 Å². The first-order valence-electron chi connectivity index (χ1n) is 5.63. The molecule has 0 radical (unpaired) electrons. The number of nitrogens with zero attached hydrogens (tertiary/aromatic N) is 2. The van der Waals surface area contributed by atoms with E-state index in [-0.39, 0.29) is 12.2 Å². The fourth-order valence-corrected chi connectivity index (χ4v) is 2.25. The predicted molar refractivity (Wildman–Crippen MR) is 73.4 cm³/mol. The topological polar surface area (TPSA) is 64.3 Å². The summed E-state index contributed by atoms with van der Waals surface area (Å²) < 4.78 is 7.95. The van der Waals surface area contributed by atoms with E-state index in [2.05, 4.69) is 21.0 Å². The number of benzene rings is 1. The van der Waals surface area contributed by atoms with Crippen LogP contribution in [0.1, 0.15) is 21.7 Å². The van der Waals surface area contributed by atoms with Crippen LogP contribution < -0.4 is 4.74 Å². The Bertz CT molecular complexity index is 622. The fourth-order valence-electron chi connectivity index (χ4n) is 1.77. The molecular formula is C13H13BrN2O3. The minimum absolute atomic E-state index is 0.133. The van der Waals surface area contributed by atoms with Crippen molar-refractivity contribution < 1.29 is 14.6 Å². The summed E-state index contributed by atoms with van der Waals surface area (Å²) >= 11 is 3.30. The zero-order chi connectivity index (χ0) is 14.0. The number of aromatic nitrogens is 2. The molecule has 1 aromatic carbocycles. The van der Waals surface area contributed by atoms with E-state index in [4.69, 9.17) is 9.84 Å². The second-order valence-electron chi connectivity index (χ2n) is 4.11. The van der Waals surface area contributed by atoms with Gasteiger partial charge in [0.15, 0.2) is 0 Å². The van der Waals surface area contributed by atoms with Crippen LogP contribution in [0.25, 0.3) is 0 Å². The minimum Gasteiger partial charge on any atom is -0.485 e. The normalized spacial score (nSPS) is 10.5. The molecule has 19 heavy (non-hydrogen) atoms. The standard InChI is InChI=1S/C13H13BrN2O3/c1-8-6-9(16(2)15-8)7-19-12-10(13(17)18)4-3-5-11(12)14/h3-6H,7H2,1-2H3,(H,17,18). The number of hydrogen-bond acceptors (Lipinski definition) is 3. The summed E-state index contributed by atoms with van der Waals surface area (Å²) in [4.78, 5) is 11.1. The van der Waals surface area contributed by atoms with E-state index in [9.17, 15) is 4.79 Å². The van der Waals surface area contributed by atoms with Crippen molar-refractivity contribution in [3.63, 3.8) is 0 Å². The maximum Gasteiger partial charge on any atom is 0.339 e. The van der Waals surface area contributed by atoms with E-state index in [1.165, 1.54) is 6.07 Å². The van der Waals surface area contributed by atoms with E-state index < -0.39 is 5.97 Å². The largest absolute Gasteiger partial charge is 0.485 e. The van der Waals surface area contributed by atoms with Crippen LogP contribution >= 0.6 is 15.9 Å². The molecule has 0 saturated heterocycles. The van der Waals surface area contributed by atoms with Gasteiger partial charge in [-0.05, 0) is 41.1 Å². The number of carboxylic acid groups (broad SMARTS) is 1. The third-order valence-corrected chi connectivity index (χ3v) is 3.29. The van der Waals surface area contributed by atoms with Gasteiger partial charge in [0.1, 0.15) is 17.9 Å². The Morgan fingerprint density at radius 2 is 2.26 bits per heavy atom. The van der Waals surface area contributed by atoms with Crippen LogP contribution in [-0.4, -0.2) is 20.9 Å². The number of ether oxygens (including phenoxy) is 1. The van der Waals surface area contributed by atoms with E-state index in [0.717, 1.165) is 11.4 Å². The number of para-hydroxylation sites is 1. The van der Waals surface area contributed by atoms with E-state index >= 15 is 0 Å². The molecule has 6 heteroatoms. The number of carbonyl (C=O) groups is 1. The van der Waals surface area contributed by atoms with Crippen molar-refractivity contribution in [1.29, 1.82) is 0 Å². The van der Waals surface area contributed by atoms with Gasteiger partial charge in [-0.25, -0.2) is 4.79 Å². The maximum absolute atomic E-state index is 11.1. The molecule has 0 saturated carbocycles. The lowest BCUT2D eigenvalue weighted by Crippen LogP contribution is -2.07. The zero-order valence-electron chi connectivity index (χ0n) is 10.6. The fraction of sp³-hybridized carbons (Fsp3) is 0.231. The molecule has 100 valence electrons. The van der Waals surface area contributed by atoms with Crippen molar-refractivity contribution in [2.75, 3.05) is 0 Å². The highest BCUT2D eigenvalue weighted by molar-refractivity contribution is 9.10. The molecular weight excluding hydrogens is 312 g/mol. The summed E-state index contributed by atoms with van der Waals surface area (Å²) in [6.07, 6.45) is 0. The van der Waals surface area contributed by atoms with Crippen LogP contribution in [0, 0.1) is 6.92 Å². The molecule has 1 aromatic heterocycles. The SMILES string of the molecule is Cc1cc(COc2c(Br)cccc2C(=O)O)n(C)n1. The molecule has 0 bridgehead atoms. The molecule has 5 nitrogen and oxygen atoms in total.